The summed E-state index contributed by atoms with van der Waals surface area (Å²) in [5, 5.41) is 18.1. The maximum Gasteiger partial charge on any atom is 0.389 e. The van der Waals surface area contributed by atoms with Crippen molar-refractivity contribution >= 4 is 35.1 Å². The molecule has 3 heterocycles. The molecule has 1 amide bonds. The summed E-state index contributed by atoms with van der Waals surface area (Å²) in [5.74, 6) is 0.194. The molecule has 1 aromatic carbocycles. The first kappa shape index (κ1) is 20.9. The zero-order valence-electron chi connectivity index (χ0n) is 16.8. The molecule has 0 aliphatic carbocycles. The molecular formula is C20H21N5O5S. The summed E-state index contributed by atoms with van der Waals surface area (Å²) in [5.41, 5.74) is 1.91. The van der Waals surface area contributed by atoms with E-state index in [0.29, 0.717) is 29.7 Å². The second-order valence-corrected chi connectivity index (χ2v) is 7.63. The molecule has 0 radical (unpaired) electrons. The molecule has 1 N–H and O–H groups in total. The van der Waals surface area contributed by atoms with Crippen molar-refractivity contribution in [1.29, 1.82) is 0 Å². The van der Waals surface area contributed by atoms with Crippen molar-refractivity contribution in [1.82, 2.24) is 20.0 Å². The number of carbonyl (C=O) groups is 1. The van der Waals surface area contributed by atoms with Gasteiger partial charge in [0, 0.05) is 12.2 Å². The SMILES string of the molecule is COc1ccc(/C=C2\NC(=S)N(C[C@@H]3CCCO3)C2=O)cc1Cn1ccc([N+](=O)[O-])n1. The minimum Gasteiger partial charge on any atom is -0.496 e. The lowest BCUT2D eigenvalue weighted by Gasteiger charge is -2.18. The van der Waals surface area contributed by atoms with E-state index in [-0.39, 0.29) is 24.4 Å². The third-order valence-electron chi connectivity index (χ3n) is 5.13. The smallest absolute Gasteiger partial charge is 0.389 e. The molecule has 1 atom stereocenters. The van der Waals surface area contributed by atoms with E-state index in [9.17, 15) is 14.9 Å². The highest BCUT2D eigenvalue weighted by atomic mass is 32.1. The molecule has 2 aliphatic heterocycles. The van der Waals surface area contributed by atoms with Crippen molar-refractivity contribution in [3.8, 4) is 5.75 Å². The van der Waals surface area contributed by atoms with Gasteiger partial charge in [-0.1, -0.05) is 6.07 Å². The monoisotopic (exact) mass is 443 g/mol. The molecule has 2 aromatic rings. The fraction of sp³-hybridized carbons (Fsp3) is 0.350. The Morgan fingerprint density at radius 2 is 2.29 bits per heavy atom. The van der Waals surface area contributed by atoms with Crippen LogP contribution in [-0.2, 0) is 16.1 Å². The summed E-state index contributed by atoms with van der Waals surface area (Å²) in [4.78, 5) is 24.7. The van der Waals surface area contributed by atoms with Gasteiger partial charge < -0.3 is 24.9 Å². The van der Waals surface area contributed by atoms with Crippen LogP contribution in [-0.4, -0.2) is 57.0 Å². The number of nitrogens with zero attached hydrogens (tertiary/aromatic N) is 4. The van der Waals surface area contributed by atoms with Gasteiger partial charge in [0.25, 0.3) is 5.91 Å². The van der Waals surface area contributed by atoms with Gasteiger partial charge in [0.05, 0.1) is 43.7 Å². The molecule has 4 rings (SSSR count). The molecule has 0 spiro atoms. The van der Waals surface area contributed by atoms with Crippen LogP contribution in [0.15, 0.2) is 36.2 Å². The van der Waals surface area contributed by atoms with Crippen LogP contribution in [0.4, 0.5) is 5.82 Å². The van der Waals surface area contributed by atoms with Gasteiger partial charge in [-0.2, -0.15) is 4.68 Å². The molecule has 2 saturated heterocycles. The molecular weight excluding hydrogens is 422 g/mol. The van der Waals surface area contributed by atoms with Crippen molar-refractivity contribution < 1.29 is 19.2 Å². The Morgan fingerprint density at radius 3 is 2.97 bits per heavy atom. The second kappa shape index (κ2) is 8.82. The Kier molecular flexibility index (Phi) is 5.96. The van der Waals surface area contributed by atoms with Crippen LogP contribution in [0.1, 0.15) is 24.0 Å². The molecule has 1 aromatic heterocycles. The number of ether oxygens (including phenoxy) is 2. The maximum absolute atomic E-state index is 12.8. The Morgan fingerprint density at radius 1 is 1.45 bits per heavy atom. The van der Waals surface area contributed by atoms with Gasteiger partial charge in [0.15, 0.2) is 5.11 Å². The average Bonchev–Trinajstić information content (AvgIpc) is 3.47. The Balaban J connectivity index is 1.54. The quantitative estimate of drug-likeness (QED) is 0.300. The summed E-state index contributed by atoms with van der Waals surface area (Å²) < 4.78 is 12.5. The highest BCUT2D eigenvalue weighted by molar-refractivity contribution is 7.80. The Bertz CT molecular complexity index is 1060. The fourth-order valence-electron chi connectivity index (χ4n) is 3.62. The van der Waals surface area contributed by atoms with Gasteiger partial charge in [-0.15, -0.1) is 0 Å². The predicted octanol–water partition coefficient (Wildman–Crippen LogP) is 2.08. The standard InChI is InChI=1S/C20H21N5O5S/c1-29-17-5-4-13(9-14(17)11-23-7-6-18(22-23)25(27)28)10-16-19(26)24(20(31)21-16)12-15-3-2-8-30-15/h4-7,9-10,15H,2-3,8,11-12H2,1H3,(H,21,31)/b16-10-/t15-/m0/s1. The van der Waals surface area contributed by atoms with E-state index in [1.165, 1.54) is 21.8 Å². The van der Waals surface area contributed by atoms with Gasteiger partial charge in [0.2, 0.25) is 0 Å². The first-order valence-corrected chi connectivity index (χ1v) is 10.2. The van der Waals surface area contributed by atoms with Crippen molar-refractivity contribution in [2.75, 3.05) is 20.3 Å². The minimum atomic E-state index is -0.544. The molecule has 10 nitrogen and oxygen atoms in total. The summed E-state index contributed by atoms with van der Waals surface area (Å²) in [6.45, 7) is 1.43. The summed E-state index contributed by atoms with van der Waals surface area (Å²) >= 11 is 5.33. The van der Waals surface area contributed by atoms with Crippen LogP contribution in [0.5, 0.6) is 5.75 Å². The number of methoxy groups -OCH3 is 1. The zero-order chi connectivity index (χ0) is 22.0. The number of hydrogen-bond donors (Lipinski definition) is 1. The molecule has 0 saturated carbocycles. The molecule has 162 valence electrons. The molecule has 31 heavy (non-hydrogen) atoms. The summed E-state index contributed by atoms with van der Waals surface area (Å²) in [6, 6.07) is 6.78. The largest absolute Gasteiger partial charge is 0.496 e. The van der Waals surface area contributed by atoms with Gasteiger partial charge in [-0.05, 0) is 53.8 Å². The van der Waals surface area contributed by atoms with Crippen LogP contribution in [0, 0.1) is 10.1 Å². The number of nitrogens with one attached hydrogen (secondary N) is 1. The van der Waals surface area contributed by atoms with E-state index in [0.717, 1.165) is 24.0 Å². The summed E-state index contributed by atoms with van der Waals surface area (Å²) in [7, 11) is 1.55. The number of benzene rings is 1. The number of thiocarbonyl (C=S) groups is 1. The highest BCUT2D eigenvalue weighted by Crippen LogP contribution is 2.24. The van der Waals surface area contributed by atoms with Crippen molar-refractivity contribution in [3.05, 3.63) is 57.4 Å². The van der Waals surface area contributed by atoms with E-state index >= 15 is 0 Å². The van der Waals surface area contributed by atoms with Crippen molar-refractivity contribution in [2.45, 2.75) is 25.5 Å². The first-order chi connectivity index (χ1) is 14.9. The zero-order valence-corrected chi connectivity index (χ0v) is 17.6. The van der Waals surface area contributed by atoms with Gasteiger partial charge in [-0.3, -0.25) is 9.69 Å². The van der Waals surface area contributed by atoms with Crippen LogP contribution in [0.2, 0.25) is 0 Å². The number of carbonyl (C=O) groups excluding carboxylic acids is 1. The average molecular weight is 443 g/mol. The molecule has 2 fully saturated rings. The highest BCUT2D eigenvalue weighted by Gasteiger charge is 2.33. The van der Waals surface area contributed by atoms with Gasteiger partial charge in [-0.25, -0.2) is 0 Å². The molecule has 2 aliphatic rings. The van der Waals surface area contributed by atoms with E-state index in [1.54, 1.807) is 19.3 Å². The third kappa shape index (κ3) is 4.57. The third-order valence-corrected chi connectivity index (χ3v) is 5.46. The van der Waals surface area contributed by atoms with Crippen LogP contribution in [0.3, 0.4) is 0 Å². The molecule has 0 unspecified atom stereocenters. The second-order valence-electron chi connectivity index (χ2n) is 7.24. The van der Waals surface area contributed by atoms with E-state index < -0.39 is 4.92 Å². The number of amides is 1. The lowest BCUT2D eigenvalue weighted by Crippen LogP contribution is -2.37. The van der Waals surface area contributed by atoms with E-state index in [2.05, 4.69) is 10.4 Å². The maximum atomic E-state index is 12.8. The van der Waals surface area contributed by atoms with Gasteiger partial charge >= 0.3 is 5.82 Å². The number of rotatable bonds is 7. The van der Waals surface area contributed by atoms with Crippen molar-refractivity contribution in [3.63, 3.8) is 0 Å². The predicted molar refractivity (Wildman–Crippen MR) is 115 cm³/mol. The topological polar surface area (TPSA) is 112 Å². The number of nitro groups is 1. The lowest BCUT2D eigenvalue weighted by molar-refractivity contribution is -0.389. The van der Waals surface area contributed by atoms with E-state index in [1.807, 2.05) is 12.1 Å². The Hall–Kier alpha value is -3.31. The van der Waals surface area contributed by atoms with Crippen molar-refractivity contribution in [2.24, 2.45) is 0 Å². The molecule has 0 bridgehead atoms. The van der Waals surface area contributed by atoms with Crippen LogP contribution in [0.25, 0.3) is 6.08 Å². The van der Waals surface area contributed by atoms with Gasteiger partial charge in [0.1, 0.15) is 11.4 Å². The minimum absolute atomic E-state index is 0.00812. The van der Waals surface area contributed by atoms with Crippen LogP contribution < -0.4 is 10.1 Å². The molecule has 11 heteroatoms. The normalized spacial score (nSPS) is 19.8. The Labute approximate surface area is 183 Å². The number of hydrogen-bond acceptors (Lipinski definition) is 7. The first-order valence-electron chi connectivity index (χ1n) is 9.75. The number of aromatic nitrogens is 2. The fourth-order valence-corrected chi connectivity index (χ4v) is 3.89. The summed E-state index contributed by atoms with van der Waals surface area (Å²) in [6.07, 6.45) is 5.17. The van der Waals surface area contributed by atoms with Crippen LogP contribution >= 0.6 is 12.2 Å². The lowest BCUT2D eigenvalue weighted by atomic mass is 10.1. The van der Waals surface area contributed by atoms with E-state index in [4.69, 9.17) is 21.7 Å².